The molecule has 2 aromatic rings. The maximum absolute atomic E-state index is 13.5. The molecule has 0 saturated heterocycles. The highest BCUT2D eigenvalue weighted by Crippen LogP contribution is 2.12. The lowest BCUT2D eigenvalue weighted by atomic mass is 10.1. The molecular weight excluding hydrogens is 307 g/mol. The minimum Gasteiger partial charge on any atom is -0.342 e. The van der Waals surface area contributed by atoms with E-state index >= 15 is 0 Å². The van der Waals surface area contributed by atoms with Crippen LogP contribution in [-0.2, 0) is 16.0 Å². The Morgan fingerprint density at radius 3 is 2.33 bits per heavy atom. The van der Waals surface area contributed by atoms with Crippen molar-refractivity contribution in [1.82, 2.24) is 4.90 Å². The highest BCUT2D eigenvalue weighted by molar-refractivity contribution is 5.91. The second kappa shape index (κ2) is 8.82. The van der Waals surface area contributed by atoms with Crippen molar-refractivity contribution in [3.63, 3.8) is 0 Å². The highest BCUT2D eigenvalue weighted by Gasteiger charge is 2.12. The number of para-hydroxylation sites is 1. The molecule has 0 aliphatic heterocycles. The first-order valence-electron chi connectivity index (χ1n) is 7.90. The normalized spacial score (nSPS) is 10.2. The molecule has 0 aliphatic rings. The Balaban J connectivity index is 1.83. The third-order valence-electron chi connectivity index (χ3n) is 3.72. The molecule has 0 heterocycles. The van der Waals surface area contributed by atoms with Crippen molar-refractivity contribution in [3.8, 4) is 0 Å². The molecule has 0 radical (unpaired) electrons. The van der Waals surface area contributed by atoms with E-state index in [2.05, 4.69) is 5.32 Å². The Bertz CT molecular complexity index is 689. The summed E-state index contributed by atoms with van der Waals surface area (Å²) in [6.07, 6.45) is 0.859. The average Bonchev–Trinajstić information content (AvgIpc) is 2.57. The second-order valence-electron chi connectivity index (χ2n) is 5.52. The van der Waals surface area contributed by atoms with Gasteiger partial charge in [0.1, 0.15) is 5.82 Å². The third kappa shape index (κ3) is 5.50. The number of carbonyl (C=O) groups is 2. The summed E-state index contributed by atoms with van der Waals surface area (Å²) in [5.74, 6) is -0.867. The summed E-state index contributed by atoms with van der Waals surface area (Å²) in [6.45, 7) is 2.34. The van der Waals surface area contributed by atoms with Gasteiger partial charge in [-0.2, -0.15) is 0 Å². The molecule has 24 heavy (non-hydrogen) atoms. The fourth-order valence-corrected chi connectivity index (χ4v) is 2.35. The van der Waals surface area contributed by atoms with Crippen LogP contribution in [0.1, 0.15) is 18.9 Å². The van der Waals surface area contributed by atoms with Crippen LogP contribution in [-0.4, -0.2) is 29.8 Å². The van der Waals surface area contributed by atoms with Crippen LogP contribution in [0.2, 0.25) is 0 Å². The molecule has 0 atom stereocenters. The van der Waals surface area contributed by atoms with Gasteiger partial charge in [-0.15, -0.1) is 0 Å². The minimum atomic E-state index is -0.474. The Hall–Kier alpha value is -2.69. The zero-order valence-electron chi connectivity index (χ0n) is 13.7. The summed E-state index contributed by atoms with van der Waals surface area (Å²) < 4.78 is 13.5. The number of carbonyl (C=O) groups excluding carboxylic acids is 2. The van der Waals surface area contributed by atoms with E-state index in [0.717, 1.165) is 12.0 Å². The predicted octanol–water partition coefficient (Wildman–Crippen LogP) is 3.25. The highest BCUT2D eigenvalue weighted by atomic mass is 19.1. The lowest BCUT2D eigenvalue weighted by Crippen LogP contribution is -2.33. The van der Waals surface area contributed by atoms with Crippen LogP contribution in [0.15, 0.2) is 54.6 Å². The van der Waals surface area contributed by atoms with Crippen molar-refractivity contribution in [2.45, 2.75) is 19.8 Å². The molecule has 2 amide bonds. The van der Waals surface area contributed by atoms with Crippen LogP contribution >= 0.6 is 0 Å². The molecule has 5 heteroatoms. The Kier molecular flexibility index (Phi) is 6.49. The molecular formula is C19H21FN2O2. The molecule has 0 saturated carbocycles. The molecule has 0 bridgehead atoms. The Morgan fingerprint density at radius 1 is 1.00 bits per heavy atom. The summed E-state index contributed by atoms with van der Waals surface area (Å²) >= 11 is 0. The van der Waals surface area contributed by atoms with E-state index < -0.39 is 5.82 Å². The van der Waals surface area contributed by atoms with Gasteiger partial charge in [0.25, 0.3) is 0 Å². The van der Waals surface area contributed by atoms with Crippen LogP contribution in [0.4, 0.5) is 10.1 Å². The quantitative estimate of drug-likeness (QED) is 0.848. The molecule has 0 fully saturated rings. The van der Waals surface area contributed by atoms with Crippen molar-refractivity contribution >= 4 is 17.5 Å². The lowest BCUT2D eigenvalue weighted by molar-refractivity contribution is -0.129. The van der Waals surface area contributed by atoms with Crippen LogP contribution in [0.5, 0.6) is 0 Å². The molecule has 0 spiro atoms. The van der Waals surface area contributed by atoms with Gasteiger partial charge in [0.05, 0.1) is 5.69 Å². The molecule has 2 aromatic carbocycles. The SMILES string of the molecule is CC(=O)N(CCC(=O)Nc1ccccc1F)CCc1ccccc1. The topological polar surface area (TPSA) is 49.4 Å². The number of amides is 2. The summed E-state index contributed by atoms with van der Waals surface area (Å²) in [4.78, 5) is 25.3. The number of nitrogens with zero attached hydrogens (tertiary/aromatic N) is 1. The van der Waals surface area contributed by atoms with Gasteiger partial charge in [0.2, 0.25) is 11.8 Å². The lowest BCUT2D eigenvalue weighted by Gasteiger charge is -2.21. The van der Waals surface area contributed by atoms with E-state index in [1.807, 2.05) is 30.3 Å². The maximum atomic E-state index is 13.5. The fourth-order valence-electron chi connectivity index (χ4n) is 2.35. The zero-order chi connectivity index (χ0) is 17.4. The standard InChI is InChI=1S/C19H21FN2O2/c1-15(23)22(13-11-16-7-3-2-4-8-16)14-12-19(24)21-18-10-6-5-9-17(18)20/h2-10H,11-14H2,1H3,(H,21,24). The number of nitrogens with one attached hydrogen (secondary N) is 1. The van der Waals surface area contributed by atoms with Gasteiger partial charge >= 0.3 is 0 Å². The minimum absolute atomic E-state index is 0.0791. The molecule has 4 nitrogen and oxygen atoms in total. The van der Waals surface area contributed by atoms with Crippen LogP contribution in [0, 0.1) is 5.82 Å². The number of anilines is 1. The van der Waals surface area contributed by atoms with Crippen molar-refractivity contribution < 1.29 is 14.0 Å². The second-order valence-corrected chi connectivity index (χ2v) is 5.52. The summed E-state index contributed by atoms with van der Waals surface area (Å²) in [6, 6.07) is 15.9. The molecule has 0 unspecified atom stereocenters. The number of halogens is 1. The summed E-state index contributed by atoms with van der Waals surface area (Å²) in [5.41, 5.74) is 1.29. The van der Waals surface area contributed by atoms with E-state index in [4.69, 9.17) is 0 Å². The van der Waals surface area contributed by atoms with E-state index in [1.165, 1.54) is 19.1 Å². The predicted molar refractivity (Wildman–Crippen MR) is 92.0 cm³/mol. The first-order valence-corrected chi connectivity index (χ1v) is 7.90. The van der Waals surface area contributed by atoms with Crippen LogP contribution in [0.3, 0.4) is 0 Å². The number of hydrogen-bond donors (Lipinski definition) is 1. The van der Waals surface area contributed by atoms with Crippen LogP contribution < -0.4 is 5.32 Å². The first-order chi connectivity index (χ1) is 11.6. The fraction of sp³-hybridized carbons (Fsp3) is 0.263. The number of hydrogen-bond acceptors (Lipinski definition) is 2. The molecule has 2 rings (SSSR count). The van der Waals surface area contributed by atoms with Gasteiger partial charge in [-0.25, -0.2) is 4.39 Å². The van der Waals surface area contributed by atoms with Crippen LogP contribution in [0.25, 0.3) is 0 Å². The molecule has 1 N–H and O–H groups in total. The van der Waals surface area contributed by atoms with E-state index in [-0.39, 0.29) is 23.9 Å². The summed E-state index contributed by atoms with van der Waals surface area (Å²) in [7, 11) is 0. The van der Waals surface area contributed by atoms with Gasteiger partial charge in [-0.3, -0.25) is 9.59 Å². The zero-order valence-corrected chi connectivity index (χ0v) is 13.7. The summed E-state index contributed by atoms with van der Waals surface area (Å²) in [5, 5.41) is 2.53. The van der Waals surface area contributed by atoms with Crippen molar-refractivity contribution in [2.24, 2.45) is 0 Å². The van der Waals surface area contributed by atoms with Crippen molar-refractivity contribution in [2.75, 3.05) is 18.4 Å². The molecule has 0 aliphatic carbocycles. The number of rotatable bonds is 7. The van der Waals surface area contributed by atoms with Gasteiger partial charge in [0, 0.05) is 26.4 Å². The average molecular weight is 328 g/mol. The van der Waals surface area contributed by atoms with Crippen molar-refractivity contribution in [3.05, 3.63) is 66.0 Å². The van der Waals surface area contributed by atoms with Gasteiger partial charge in [0.15, 0.2) is 0 Å². The smallest absolute Gasteiger partial charge is 0.226 e. The monoisotopic (exact) mass is 328 g/mol. The Labute approximate surface area is 141 Å². The van der Waals surface area contributed by atoms with Crippen molar-refractivity contribution in [1.29, 1.82) is 0 Å². The maximum Gasteiger partial charge on any atom is 0.226 e. The van der Waals surface area contributed by atoms with E-state index in [0.29, 0.717) is 13.1 Å². The first kappa shape index (κ1) is 17.7. The molecule has 0 aromatic heterocycles. The van der Waals surface area contributed by atoms with Gasteiger partial charge in [-0.1, -0.05) is 42.5 Å². The van der Waals surface area contributed by atoms with E-state index in [1.54, 1.807) is 17.0 Å². The van der Waals surface area contributed by atoms with Gasteiger partial charge in [-0.05, 0) is 24.1 Å². The number of benzene rings is 2. The third-order valence-corrected chi connectivity index (χ3v) is 3.72. The van der Waals surface area contributed by atoms with Gasteiger partial charge < -0.3 is 10.2 Å². The Morgan fingerprint density at radius 2 is 1.67 bits per heavy atom. The molecule has 126 valence electrons. The largest absolute Gasteiger partial charge is 0.342 e. The van der Waals surface area contributed by atoms with E-state index in [9.17, 15) is 14.0 Å².